The summed E-state index contributed by atoms with van der Waals surface area (Å²) in [5.41, 5.74) is 1.29. The predicted octanol–water partition coefficient (Wildman–Crippen LogP) is 3.25. The molecule has 1 amide bonds. The maximum atomic E-state index is 12.0. The minimum Gasteiger partial charge on any atom is -0.465 e. The molecule has 0 saturated heterocycles. The first-order valence-electron chi connectivity index (χ1n) is 6.56. The molecular weight excluding hydrogens is 336 g/mol. The van der Waals surface area contributed by atoms with Crippen molar-refractivity contribution in [2.75, 3.05) is 12.4 Å². The van der Waals surface area contributed by atoms with Crippen LogP contribution in [0.25, 0.3) is 0 Å². The van der Waals surface area contributed by atoms with Crippen LogP contribution in [0.1, 0.15) is 20.7 Å². The fourth-order valence-corrected chi connectivity index (χ4v) is 2.26. The van der Waals surface area contributed by atoms with E-state index in [-0.39, 0.29) is 21.6 Å². The molecule has 0 atom stereocenters. The van der Waals surface area contributed by atoms with E-state index < -0.39 is 5.97 Å². The second kappa shape index (κ2) is 7.71. The molecule has 118 valence electrons. The molecule has 2 N–H and O–H groups in total. The number of esters is 1. The summed E-state index contributed by atoms with van der Waals surface area (Å²) in [4.78, 5) is 23.4. The summed E-state index contributed by atoms with van der Waals surface area (Å²) in [5.74, 6) is -0.845. The number of halogens is 1. The Bertz CT molecular complexity index is 750. The lowest BCUT2D eigenvalue weighted by Gasteiger charge is -2.11. The number of benzene rings is 2. The quantitative estimate of drug-likeness (QED) is 0.658. The molecule has 0 spiro atoms. The van der Waals surface area contributed by atoms with Gasteiger partial charge in [-0.05, 0) is 42.5 Å². The van der Waals surface area contributed by atoms with Gasteiger partial charge in [0.2, 0.25) is 0 Å². The number of hydrogen-bond donors (Lipinski definition) is 2. The van der Waals surface area contributed by atoms with Crippen LogP contribution in [-0.2, 0) is 4.74 Å². The first-order chi connectivity index (χ1) is 11.0. The maximum Gasteiger partial charge on any atom is 0.339 e. The Balaban J connectivity index is 2.02. The summed E-state index contributed by atoms with van der Waals surface area (Å²) >= 11 is 11.1. The van der Waals surface area contributed by atoms with Crippen molar-refractivity contribution in [3.05, 3.63) is 64.7 Å². The highest BCUT2D eigenvalue weighted by atomic mass is 35.5. The molecule has 0 aromatic heterocycles. The van der Waals surface area contributed by atoms with Crippen LogP contribution in [0.4, 0.5) is 5.69 Å². The van der Waals surface area contributed by atoms with Gasteiger partial charge < -0.3 is 10.1 Å². The van der Waals surface area contributed by atoms with Crippen LogP contribution in [0.2, 0.25) is 5.02 Å². The Morgan fingerprint density at radius 2 is 1.83 bits per heavy atom. The summed E-state index contributed by atoms with van der Waals surface area (Å²) in [6.45, 7) is 0. The van der Waals surface area contributed by atoms with Crippen LogP contribution in [0.3, 0.4) is 0 Å². The van der Waals surface area contributed by atoms with Gasteiger partial charge in [-0.2, -0.15) is 0 Å². The lowest BCUT2D eigenvalue weighted by Crippen LogP contribution is -2.34. The number of nitrogens with one attached hydrogen (secondary N) is 2. The molecule has 0 aliphatic rings. The van der Waals surface area contributed by atoms with E-state index in [1.54, 1.807) is 30.3 Å². The number of carbonyl (C=O) groups excluding carboxylic acids is 2. The zero-order valence-corrected chi connectivity index (χ0v) is 13.7. The van der Waals surface area contributed by atoms with Crippen LogP contribution in [0.5, 0.6) is 0 Å². The Kier molecular flexibility index (Phi) is 5.67. The molecule has 0 radical (unpaired) electrons. The fourth-order valence-electron chi connectivity index (χ4n) is 1.80. The Morgan fingerprint density at radius 1 is 1.13 bits per heavy atom. The molecule has 5 nitrogen and oxygen atoms in total. The highest BCUT2D eigenvalue weighted by molar-refractivity contribution is 7.80. The monoisotopic (exact) mass is 348 g/mol. The molecule has 0 bridgehead atoms. The number of methoxy groups -OCH3 is 1. The molecule has 0 fully saturated rings. The van der Waals surface area contributed by atoms with E-state index in [0.717, 1.165) is 0 Å². The minimum atomic E-state index is -0.526. The van der Waals surface area contributed by atoms with E-state index in [1.807, 2.05) is 6.07 Å². The molecule has 2 aromatic rings. The first-order valence-corrected chi connectivity index (χ1v) is 7.35. The third-order valence-electron chi connectivity index (χ3n) is 2.90. The highest BCUT2D eigenvalue weighted by Crippen LogP contribution is 2.21. The standard InChI is InChI=1S/C16H13ClN2O3S/c1-22-15(21)12-8-7-11(9-13(12)17)18-16(23)19-14(20)10-5-3-2-4-6-10/h2-9H,1H3,(H2,18,19,20,23). The van der Waals surface area contributed by atoms with E-state index in [0.29, 0.717) is 11.3 Å². The van der Waals surface area contributed by atoms with Crippen LogP contribution >= 0.6 is 23.8 Å². The van der Waals surface area contributed by atoms with Crippen LogP contribution in [-0.4, -0.2) is 24.1 Å². The molecule has 0 saturated carbocycles. The fraction of sp³-hybridized carbons (Fsp3) is 0.0625. The van der Waals surface area contributed by atoms with Crippen molar-refractivity contribution < 1.29 is 14.3 Å². The number of thiocarbonyl (C=S) groups is 1. The van der Waals surface area contributed by atoms with Gasteiger partial charge in [0.1, 0.15) is 0 Å². The highest BCUT2D eigenvalue weighted by Gasteiger charge is 2.12. The van der Waals surface area contributed by atoms with Gasteiger partial charge in [0.05, 0.1) is 17.7 Å². The van der Waals surface area contributed by atoms with E-state index >= 15 is 0 Å². The largest absolute Gasteiger partial charge is 0.465 e. The average Bonchev–Trinajstić information content (AvgIpc) is 2.55. The van der Waals surface area contributed by atoms with Crippen molar-refractivity contribution >= 4 is 46.5 Å². The minimum absolute atomic E-state index is 0.126. The summed E-state index contributed by atoms with van der Waals surface area (Å²) < 4.78 is 4.61. The Hall–Kier alpha value is -2.44. The second-order valence-electron chi connectivity index (χ2n) is 4.46. The van der Waals surface area contributed by atoms with Gasteiger partial charge >= 0.3 is 5.97 Å². The van der Waals surface area contributed by atoms with Crippen LogP contribution < -0.4 is 10.6 Å². The molecule has 7 heteroatoms. The van der Waals surface area contributed by atoms with Gasteiger partial charge in [0, 0.05) is 11.3 Å². The molecule has 0 aliphatic heterocycles. The molecule has 23 heavy (non-hydrogen) atoms. The summed E-state index contributed by atoms with van der Waals surface area (Å²) in [6.07, 6.45) is 0. The average molecular weight is 349 g/mol. The number of amides is 1. The van der Waals surface area contributed by atoms with Gasteiger partial charge in [-0.1, -0.05) is 29.8 Å². The number of anilines is 1. The molecule has 0 heterocycles. The topological polar surface area (TPSA) is 67.4 Å². The van der Waals surface area contributed by atoms with Gasteiger partial charge in [0.25, 0.3) is 5.91 Å². The lowest BCUT2D eigenvalue weighted by molar-refractivity contribution is 0.0601. The van der Waals surface area contributed by atoms with Crippen molar-refractivity contribution in [3.63, 3.8) is 0 Å². The van der Waals surface area contributed by atoms with Crippen molar-refractivity contribution in [3.8, 4) is 0 Å². The molecule has 2 rings (SSSR count). The number of ether oxygens (including phenoxy) is 1. The van der Waals surface area contributed by atoms with E-state index in [9.17, 15) is 9.59 Å². The SMILES string of the molecule is COC(=O)c1ccc(NC(=S)NC(=O)c2ccccc2)cc1Cl. The third-order valence-corrected chi connectivity index (χ3v) is 3.41. The zero-order valence-electron chi connectivity index (χ0n) is 12.1. The Morgan fingerprint density at radius 3 is 2.43 bits per heavy atom. The Labute approximate surface area is 143 Å². The first kappa shape index (κ1) is 16.9. The van der Waals surface area contributed by atoms with Crippen molar-refractivity contribution in [1.82, 2.24) is 5.32 Å². The van der Waals surface area contributed by atoms with Gasteiger partial charge in [0.15, 0.2) is 5.11 Å². The van der Waals surface area contributed by atoms with Crippen molar-refractivity contribution in [2.45, 2.75) is 0 Å². The van der Waals surface area contributed by atoms with Gasteiger partial charge in [-0.3, -0.25) is 10.1 Å². The van der Waals surface area contributed by atoms with Gasteiger partial charge in [-0.15, -0.1) is 0 Å². The number of carbonyl (C=O) groups is 2. The van der Waals surface area contributed by atoms with Crippen LogP contribution in [0.15, 0.2) is 48.5 Å². The zero-order chi connectivity index (χ0) is 16.8. The number of hydrogen-bond acceptors (Lipinski definition) is 4. The van der Waals surface area contributed by atoms with E-state index in [1.165, 1.54) is 19.2 Å². The van der Waals surface area contributed by atoms with Crippen LogP contribution in [0, 0.1) is 0 Å². The molecule has 2 aromatic carbocycles. The summed E-state index contributed by atoms with van der Waals surface area (Å²) in [5, 5.41) is 5.74. The lowest BCUT2D eigenvalue weighted by atomic mass is 10.2. The van der Waals surface area contributed by atoms with Crippen molar-refractivity contribution in [1.29, 1.82) is 0 Å². The third kappa shape index (κ3) is 4.51. The van der Waals surface area contributed by atoms with Crippen molar-refractivity contribution in [2.24, 2.45) is 0 Å². The number of rotatable bonds is 3. The summed E-state index contributed by atoms with van der Waals surface area (Å²) in [7, 11) is 1.28. The molecule has 0 aliphatic carbocycles. The smallest absolute Gasteiger partial charge is 0.339 e. The molecule has 0 unspecified atom stereocenters. The van der Waals surface area contributed by atoms with Gasteiger partial charge in [-0.25, -0.2) is 4.79 Å². The maximum absolute atomic E-state index is 12.0. The summed E-state index contributed by atoms with van der Waals surface area (Å²) in [6, 6.07) is 13.3. The predicted molar refractivity (Wildman–Crippen MR) is 92.9 cm³/mol. The normalized spacial score (nSPS) is 9.83. The van der Waals surface area contributed by atoms with E-state index in [4.69, 9.17) is 23.8 Å². The van der Waals surface area contributed by atoms with E-state index in [2.05, 4.69) is 15.4 Å². The molecular formula is C16H13ClN2O3S. The second-order valence-corrected chi connectivity index (χ2v) is 5.28.